The largest absolute Gasteiger partial charge is 0.371 e. The third-order valence-corrected chi connectivity index (χ3v) is 13.4. The molecule has 4 aliphatic rings. The molecule has 7 rings (SSSR count). The molecule has 4 saturated heterocycles. The Labute approximate surface area is 300 Å². The first-order valence-electron chi connectivity index (χ1n) is 15.7. The van der Waals surface area contributed by atoms with E-state index in [0.717, 1.165) is 16.7 Å². The Morgan fingerprint density at radius 2 is 0.720 bits per heavy atom. The standard InChI is InChI=1S/C20H22O8S2.C13H15BrO5S/c1-13-3-7-15(8-4-13)29(21,22)27-17-11-25-20-18(12-26-19(17)20)28-30(23,24)16-9-5-14(2)6-10-16;1-8-2-4-9(5-3-8)20(15,16)19-11-7-18-12-10(14)6-17-13(11)12/h3-10,17-20H,11-12H2,1-2H3;2-5,10-13H,6-7H2,1H3/t17-,18-,19-,20-;10-,11+,12+,13+/m10/s1. The molecular weight excluding hydrogens is 780 g/mol. The maximum atomic E-state index is 12.6. The van der Waals surface area contributed by atoms with Crippen LogP contribution in [0.5, 0.6) is 0 Å². The fourth-order valence-electron chi connectivity index (χ4n) is 5.86. The number of hydrogen-bond donors (Lipinski definition) is 0. The molecule has 50 heavy (non-hydrogen) atoms. The number of fused-ring (bicyclic) bond motifs is 2. The summed E-state index contributed by atoms with van der Waals surface area (Å²) < 4.78 is 113. The van der Waals surface area contributed by atoms with E-state index < -0.39 is 60.9 Å². The highest BCUT2D eigenvalue weighted by Crippen LogP contribution is 2.35. The molecule has 4 fully saturated rings. The van der Waals surface area contributed by atoms with Gasteiger partial charge in [0.25, 0.3) is 30.4 Å². The summed E-state index contributed by atoms with van der Waals surface area (Å²) in [5.41, 5.74) is 2.84. The molecule has 0 spiro atoms. The van der Waals surface area contributed by atoms with Crippen LogP contribution in [0.15, 0.2) is 87.5 Å². The molecule has 3 aromatic carbocycles. The number of hydrogen-bond acceptors (Lipinski definition) is 13. The Bertz CT molecular complexity index is 1880. The SMILES string of the molecule is Cc1ccc(S(=O)(=O)O[C@@H]2CO[C@H]3[C@@H]2OC[C@@H]3Br)cc1.Cc1ccc(S(=O)(=O)O[C@@H]2CO[C@H]3[C@@H]2OC[C@H]3OS(=O)(=O)c2ccc(C)cc2)cc1. The lowest BCUT2D eigenvalue weighted by Crippen LogP contribution is -2.36. The van der Waals surface area contributed by atoms with Gasteiger partial charge in [-0.15, -0.1) is 0 Å². The zero-order valence-electron chi connectivity index (χ0n) is 27.3. The highest BCUT2D eigenvalue weighted by molar-refractivity contribution is 9.09. The minimum Gasteiger partial charge on any atom is -0.371 e. The van der Waals surface area contributed by atoms with E-state index in [9.17, 15) is 25.3 Å². The Morgan fingerprint density at radius 1 is 0.460 bits per heavy atom. The topological polar surface area (TPSA) is 167 Å². The average Bonchev–Trinajstić information content (AvgIpc) is 3.84. The van der Waals surface area contributed by atoms with Gasteiger partial charge in [0.15, 0.2) is 0 Å². The van der Waals surface area contributed by atoms with Crippen LogP contribution in [-0.4, -0.2) is 99.2 Å². The summed E-state index contributed by atoms with van der Waals surface area (Å²) in [7, 11) is -11.8. The quantitative estimate of drug-likeness (QED) is 0.227. The molecule has 17 heteroatoms. The first-order chi connectivity index (χ1) is 23.6. The number of benzene rings is 3. The van der Waals surface area contributed by atoms with Crippen molar-refractivity contribution in [1.29, 1.82) is 0 Å². The minimum absolute atomic E-state index is 0.0318. The molecule has 4 heterocycles. The molecule has 3 aromatic rings. The number of halogens is 1. The predicted molar refractivity (Wildman–Crippen MR) is 181 cm³/mol. The molecule has 0 aliphatic carbocycles. The van der Waals surface area contributed by atoms with E-state index in [1.165, 1.54) is 24.3 Å². The Balaban J connectivity index is 0.000000187. The first kappa shape index (κ1) is 37.5. The second-order valence-corrected chi connectivity index (χ2v) is 18.3. The molecule has 13 nitrogen and oxygen atoms in total. The van der Waals surface area contributed by atoms with Crippen LogP contribution in [0.2, 0.25) is 0 Å². The molecule has 0 saturated carbocycles. The van der Waals surface area contributed by atoms with Gasteiger partial charge in [0.05, 0.1) is 45.9 Å². The normalized spacial score (nSPS) is 29.3. The van der Waals surface area contributed by atoms with Crippen LogP contribution >= 0.6 is 15.9 Å². The molecule has 0 N–H and O–H groups in total. The van der Waals surface area contributed by atoms with Crippen molar-refractivity contribution in [3.05, 3.63) is 89.5 Å². The van der Waals surface area contributed by atoms with Gasteiger partial charge in [-0.25, -0.2) is 0 Å². The van der Waals surface area contributed by atoms with Crippen molar-refractivity contribution in [3.63, 3.8) is 0 Å². The van der Waals surface area contributed by atoms with Gasteiger partial charge < -0.3 is 18.9 Å². The van der Waals surface area contributed by atoms with Crippen molar-refractivity contribution in [3.8, 4) is 0 Å². The van der Waals surface area contributed by atoms with Gasteiger partial charge in [-0.2, -0.15) is 25.3 Å². The fraction of sp³-hybridized carbons (Fsp3) is 0.455. The smallest absolute Gasteiger partial charge is 0.297 e. The zero-order chi connectivity index (χ0) is 35.8. The molecule has 0 amide bonds. The average molecular weight is 818 g/mol. The third kappa shape index (κ3) is 8.33. The fourth-order valence-corrected chi connectivity index (χ4v) is 9.68. The third-order valence-electron chi connectivity index (χ3n) is 8.59. The summed E-state index contributed by atoms with van der Waals surface area (Å²) in [5.74, 6) is 0. The lowest BCUT2D eigenvalue weighted by Gasteiger charge is -2.17. The Hall–Kier alpha value is -2.29. The van der Waals surface area contributed by atoms with E-state index in [0.29, 0.717) is 6.61 Å². The maximum absolute atomic E-state index is 12.6. The number of aryl methyl sites for hydroxylation is 3. The molecule has 0 bridgehead atoms. The highest BCUT2D eigenvalue weighted by atomic mass is 79.9. The van der Waals surface area contributed by atoms with E-state index >= 15 is 0 Å². The molecular formula is C33H37BrO13S3. The van der Waals surface area contributed by atoms with E-state index in [1.807, 2.05) is 20.8 Å². The van der Waals surface area contributed by atoms with Gasteiger partial charge in [-0.05, 0) is 57.2 Å². The monoisotopic (exact) mass is 816 g/mol. The summed E-state index contributed by atoms with van der Waals surface area (Å²) in [6.45, 7) is 6.22. The second kappa shape index (κ2) is 15.0. The van der Waals surface area contributed by atoms with Crippen molar-refractivity contribution < 1.29 is 56.8 Å². The second-order valence-electron chi connectivity index (χ2n) is 12.4. The van der Waals surface area contributed by atoms with E-state index in [4.69, 9.17) is 31.5 Å². The van der Waals surface area contributed by atoms with Gasteiger partial charge in [-0.1, -0.05) is 69.0 Å². The van der Waals surface area contributed by atoms with E-state index in [2.05, 4.69) is 15.9 Å². The van der Waals surface area contributed by atoms with E-state index in [1.54, 1.807) is 48.5 Å². The summed E-state index contributed by atoms with van der Waals surface area (Å²) in [6, 6.07) is 19.1. The number of alkyl halides is 1. The van der Waals surface area contributed by atoms with Crippen molar-refractivity contribution >= 4 is 46.3 Å². The predicted octanol–water partition coefficient (Wildman–Crippen LogP) is 3.58. The molecule has 0 aromatic heterocycles. The molecule has 8 atom stereocenters. The van der Waals surface area contributed by atoms with Gasteiger partial charge in [-0.3, -0.25) is 12.5 Å². The van der Waals surface area contributed by atoms with Gasteiger partial charge >= 0.3 is 0 Å². The van der Waals surface area contributed by atoms with Gasteiger partial charge in [0.1, 0.15) is 42.7 Å². The highest BCUT2D eigenvalue weighted by Gasteiger charge is 2.52. The summed E-state index contributed by atoms with van der Waals surface area (Å²) in [4.78, 5) is 0.303. The zero-order valence-corrected chi connectivity index (χ0v) is 31.3. The minimum atomic E-state index is -4.02. The van der Waals surface area contributed by atoms with Crippen molar-refractivity contribution in [2.75, 3.05) is 26.4 Å². The Kier molecular flexibility index (Phi) is 11.2. The van der Waals surface area contributed by atoms with Crippen LogP contribution in [0.1, 0.15) is 16.7 Å². The van der Waals surface area contributed by atoms with Crippen LogP contribution in [0.25, 0.3) is 0 Å². The number of rotatable bonds is 9. The molecule has 4 aliphatic heterocycles. The maximum Gasteiger partial charge on any atom is 0.297 e. The molecule has 272 valence electrons. The van der Waals surface area contributed by atoms with Crippen LogP contribution in [0.4, 0.5) is 0 Å². The van der Waals surface area contributed by atoms with Gasteiger partial charge in [0, 0.05) is 0 Å². The molecule has 0 unspecified atom stereocenters. The summed E-state index contributed by atoms with van der Waals surface area (Å²) in [5, 5.41) is 0. The van der Waals surface area contributed by atoms with Crippen molar-refractivity contribution in [2.45, 2.75) is 83.0 Å². The van der Waals surface area contributed by atoms with E-state index in [-0.39, 0.29) is 51.5 Å². The van der Waals surface area contributed by atoms with Crippen LogP contribution < -0.4 is 0 Å². The summed E-state index contributed by atoms with van der Waals surface area (Å²) >= 11 is 3.45. The van der Waals surface area contributed by atoms with Crippen LogP contribution in [0.3, 0.4) is 0 Å². The van der Waals surface area contributed by atoms with Crippen LogP contribution in [-0.2, 0) is 61.9 Å². The first-order valence-corrected chi connectivity index (χ1v) is 20.9. The van der Waals surface area contributed by atoms with Crippen LogP contribution in [0, 0.1) is 20.8 Å². The van der Waals surface area contributed by atoms with Crippen molar-refractivity contribution in [2.24, 2.45) is 0 Å². The summed E-state index contributed by atoms with van der Waals surface area (Å²) in [6.07, 6.45) is -4.34. The lowest BCUT2D eigenvalue weighted by molar-refractivity contribution is 0.0220. The Morgan fingerprint density at radius 3 is 1.04 bits per heavy atom. The molecule has 0 radical (unpaired) electrons. The number of ether oxygens (including phenoxy) is 4. The van der Waals surface area contributed by atoms with Crippen molar-refractivity contribution in [1.82, 2.24) is 0 Å². The lowest BCUT2D eigenvalue weighted by atomic mass is 10.1. The van der Waals surface area contributed by atoms with Gasteiger partial charge in [0.2, 0.25) is 0 Å².